The summed E-state index contributed by atoms with van der Waals surface area (Å²) in [5, 5.41) is 13.2. The van der Waals surface area contributed by atoms with Gasteiger partial charge in [-0.15, -0.1) is 0 Å². The monoisotopic (exact) mass is 340 g/mol. The molecular weight excluding hydrogens is 320 g/mol. The summed E-state index contributed by atoms with van der Waals surface area (Å²) in [6.45, 7) is 5.75. The molecule has 2 fully saturated rings. The first-order valence-electron chi connectivity index (χ1n) is 8.19. The third-order valence-corrected chi connectivity index (χ3v) is 5.25. The topological polar surface area (TPSA) is 89.3 Å². The van der Waals surface area contributed by atoms with Crippen LogP contribution in [-0.2, 0) is 9.59 Å². The number of imide groups is 1. The van der Waals surface area contributed by atoms with E-state index in [1.807, 2.05) is 20.8 Å². The SMILES string of the molecule is CC1(C#Cc2ccc([N+](=O)[O-])cc2)CC2(C)CC(C)(C1)C(=O)NC2=O. The highest BCUT2D eigenvalue weighted by Gasteiger charge is 2.58. The predicted octanol–water partition coefficient (Wildman–Crippen LogP) is 2.81. The molecule has 2 aliphatic rings. The van der Waals surface area contributed by atoms with Gasteiger partial charge in [-0.2, -0.15) is 0 Å². The fraction of sp³-hybridized carbons (Fsp3) is 0.474. The highest BCUT2D eigenvalue weighted by molar-refractivity contribution is 6.03. The van der Waals surface area contributed by atoms with Crippen LogP contribution < -0.4 is 5.32 Å². The van der Waals surface area contributed by atoms with Gasteiger partial charge >= 0.3 is 0 Å². The summed E-state index contributed by atoms with van der Waals surface area (Å²) in [5.74, 6) is 5.84. The largest absolute Gasteiger partial charge is 0.296 e. The Bertz CT molecular complexity index is 805. The molecule has 2 unspecified atom stereocenters. The van der Waals surface area contributed by atoms with E-state index in [-0.39, 0.29) is 17.5 Å². The normalized spacial score (nSPS) is 33.9. The average Bonchev–Trinajstić information content (AvgIpc) is 2.51. The average molecular weight is 340 g/mol. The van der Waals surface area contributed by atoms with Crippen LogP contribution in [0.4, 0.5) is 5.69 Å². The lowest BCUT2D eigenvalue weighted by atomic mass is 9.52. The molecule has 3 rings (SSSR count). The summed E-state index contributed by atoms with van der Waals surface area (Å²) in [6.07, 6.45) is 1.70. The van der Waals surface area contributed by atoms with E-state index in [9.17, 15) is 19.7 Å². The van der Waals surface area contributed by atoms with E-state index in [0.717, 1.165) is 0 Å². The third-order valence-electron chi connectivity index (χ3n) is 5.25. The van der Waals surface area contributed by atoms with Crippen LogP contribution in [0.3, 0.4) is 0 Å². The number of rotatable bonds is 1. The summed E-state index contributed by atoms with van der Waals surface area (Å²) in [6, 6.07) is 6.06. The zero-order valence-corrected chi connectivity index (χ0v) is 14.5. The fourth-order valence-corrected chi connectivity index (χ4v) is 4.47. The molecule has 0 aromatic heterocycles. The molecule has 1 saturated carbocycles. The van der Waals surface area contributed by atoms with Crippen LogP contribution >= 0.6 is 0 Å². The quantitative estimate of drug-likeness (QED) is 0.368. The Kier molecular flexibility index (Phi) is 3.72. The number of hydrogen-bond donors (Lipinski definition) is 1. The Hall–Kier alpha value is -2.68. The number of carbonyl (C=O) groups excluding carboxylic acids is 2. The molecule has 1 aliphatic heterocycles. The molecule has 0 radical (unpaired) electrons. The van der Waals surface area contributed by atoms with Crippen molar-refractivity contribution in [2.75, 3.05) is 0 Å². The Balaban J connectivity index is 1.91. The summed E-state index contributed by atoms with van der Waals surface area (Å²) in [4.78, 5) is 34.9. The van der Waals surface area contributed by atoms with Gasteiger partial charge in [0.05, 0.1) is 4.92 Å². The van der Waals surface area contributed by atoms with Gasteiger partial charge in [0.25, 0.3) is 5.69 Å². The van der Waals surface area contributed by atoms with Crippen molar-refractivity contribution in [2.45, 2.75) is 40.0 Å². The number of carbonyl (C=O) groups is 2. The van der Waals surface area contributed by atoms with Crippen LogP contribution in [0.2, 0.25) is 0 Å². The Morgan fingerprint density at radius 3 is 2.00 bits per heavy atom. The molecule has 2 bridgehead atoms. The van der Waals surface area contributed by atoms with E-state index in [1.165, 1.54) is 12.1 Å². The van der Waals surface area contributed by atoms with Crippen LogP contribution in [0.15, 0.2) is 24.3 Å². The number of nitrogens with one attached hydrogen (secondary N) is 1. The van der Waals surface area contributed by atoms with Crippen LogP contribution in [0.5, 0.6) is 0 Å². The van der Waals surface area contributed by atoms with Gasteiger partial charge in [0.15, 0.2) is 0 Å². The van der Waals surface area contributed by atoms with Crippen LogP contribution in [-0.4, -0.2) is 16.7 Å². The molecule has 2 atom stereocenters. The molecule has 1 heterocycles. The molecule has 1 aromatic rings. The summed E-state index contributed by atoms with van der Waals surface area (Å²) < 4.78 is 0. The van der Waals surface area contributed by atoms with Gasteiger partial charge in [-0.05, 0) is 38.3 Å². The lowest BCUT2D eigenvalue weighted by Crippen LogP contribution is -2.61. The van der Waals surface area contributed by atoms with Crippen molar-refractivity contribution in [3.63, 3.8) is 0 Å². The molecule has 1 aliphatic carbocycles. The maximum atomic E-state index is 12.3. The molecule has 6 nitrogen and oxygen atoms in total. The zero-order chi connectivity index (χ0) is 18.5. The number of non-ortho nitro benzene ring substituents is 1. The minimum atomic E-state index is -0.611. The van der Waals surface area contributed by atoms with Crippen LogP contribution in [0.1, 0.15) is 45.6 Å². The van der Waals surface area contributed by atoms with Crippen LogP contribution in [0, 0.1) is 38.2 Å². The molecule has 1 N–H and O–H groups in total. The van der Waals surface area contributed by atoms with Gasteiger partial charge in [0.1, 0.15) is 0 Å². The smallest absolute Gasteiger partial charge is 0.269 e. The minimum absolute atomic E-state index is 0.0197. The molecule has 6 heteroatoms. The lowest BCUT2D eigenvalue weighted by Gasteiger charge is -2.52. The fourth-order valence-electron chi connectivity index (χ4n) is 4.47. The van der Waals surface area contributed by atoms with E-state index in [4.69, 9.17) is 0 Å². The van der Waals surface area contributed by atoms with Gasteiger partial charge in [-0.1, -0.05) is 25.7 Å². The van der Waals surface area contributed by atoms with Gasteiger partial charge in [-0.25, -0.2) is 0 Å². The number of nitrogens with zero attached hydrogens (tertiary/aromatic N) is 1. The van der Waals surface area contributed by atoms with Crippen molar-refractivity contribution < 1.29 is 14.5 Å². The zero-order valence-electron chi connectivity index (χ0n) is 14.5. The number of piperidine rings is 1. The van der Waals surface area contributed by atoms with E-state index in [0.29, 0.717) is 24.8 Å². The number of benzene rings is 1. The molecule has 25 heavy (non-hydrogen) atoms. The predicted molar refractivity (Wildman–Crippen MR) is 91.3 cm³/mol. The number of fused-ring (bicyclic) bond motifs is 2. The first-order chi connectivity index (χ1) is 11.6. The van der Waals surface area contributed by atoms with Crippen molar-refractivity contribution in [3.8, 4) is 11.8 Å². The van der Waals surface area contributed by atoms with Crippen molar-refractivity contribution in [2.24, 2.45) is 16.2 Å². The Morgan fingerprint density at radius 1 is 1.00 bits per heavy atom. The standard InChI is InChI=1S/C19H20N2O4/c1-17(9-8-13-4-6-14(7-5-13)21(24)25)10-18(2)12-19(3,11-17)16(23)20-15(18)22/h4-7H,10-12H2,1-3H3,(H,20,22,23). The van der Waals surface area contributed by atoms with Gasteiger partial charge in [0, 0.05) is 33.9 Å². The number of nitro groups is 1. The van der Waals surface area contributed by atoms with E-state index < -0.39 is 21.2 Å². The van der Waals surface area contributed by atoms with E-state index >= 15 is 0 Å². The second-order valence-corrected chi connectivity index (χ2v) is 8.05. The Labute approximate surface area is 146 Å². The molecular formula is C19H20N2O4. The number of nitro benzene ring substituents is 1. The summed E-state index contributed by atoms with van der Waals surface area (Å²) in [7, 11) is 0. The van der Waals surface area contributed by atoms with E-state index in [2.05, 4.69) is 17.2 Å². The summed E-state index contributed by atoms with van der Waals surface area (Å²) in [5.41, 5.74) is -1.00. The lowest BCUT2D eigenvalue weighted by molar-refractivity contribution is -0.384. The maximum Gasteiger partial charge on any atom is 0.269 e. The highest BCUT2D eigenvalue weighted by atomic mass is 16.6. The van der Waals surface area contributed by atoms with Gasteiger partial charge < -0.3 is 0 Å². The molecule has 130 valence electrons. The minimum Gasteiger partial charge on any atom is -0.296 e. The van der Waals surface area contributed by atoms with Crippen molar-refractivity contribution >= 4 is 17.5 Å². The Morgan fingerprint density at radius 2 is 1.52 bits per heavy atom. The summed E-state index contributed by atoms with van der Waals surface area (Å²) >= 11 is 0. The number of hydrogen-bond acceptors (Lipinski definition) is 4. The molecule has 1 aromatic carbocycles. The van der Waals surface area contributed by atoms with Gasteiger partial charge in [0.2, 0.25) is 11.8 Å². The molecule has 1 saturated heterocycles. The second kappa shape index (κ2) is 5.41. The van der Waals surface area contributed by atoms with Crippen molar-refractivity contribution in [1.82, 2.24) is 5.32 Å². The van der Waals surface area contributed by atoms with E-state index in [1.54, 1.807) is 12.1 Å². The van der Waals surface area contributed by atoms with Crippen molar-refractivity contribution in [1.29, 1.82) is 0 Å². The molecule has 2 amide bonds. The number of amides is 2. The third kappa shape index (κ3) is 3.02. The first kappa shape index (κ1) is 17.2. The first-order valence-corrected chi connectivity index (χ1v) is 8.19. The molecule has 0 spiro atoms. The van der Waals surface area contributed by atoms with Crippen molar-refractivity contribution in [3.05, 3.63) is 39.9 Å². The second-order valence-electron chi connectivity index (χ2n) is 8.05. The highest BCUT2D eigenvalue weighted by Crippen LogP contribution is 2.56. The maximum absolute atomic E-state index is 12.3. The van der Waals surface area contributed by atoms with Gasteiger partial charge in [-0.3, -0.25) is 25.0 Å². The van der Waals surface area contributed by atoms with Crippen LogP contribution in [0.25, 0.3) is 0 Å².